The summed E-state index contributed by atoms with van der Waals surface area (Å²) in [6.07, 6.45) is 0.0755. The number of imide groups is 1. The third kappa shape index (κ3) is 2.41. The number of amides is 2. The number of aromatic carboxylic acids is 1. The zero-order valence-electron chi connectivity index (χ0n) is 11.1. The van der Waals surface area contributed by atoms with Crippen molar-refractivity contribution in [2.75, 3.05) is 0 Å². The van der Waals surface area contributed by atoms with Gasteiger partial charge in [-0.15, -0.1) is 0 Å². The minimum atomic E-state index is -1.19. The van der Waals surface area contributed by atoms with Gasteiger partial charge in [0, 0.05) is 12.0 Å². The minimum absolute atomic E-state index is 0.0179. The number of carboxylic acids is 1. The summed E-state index contributed by atoms with van der Waals surface area (Å²) in [4.78, 5) is 35.7. The summed E-state index contributed by atoms with van der Waals surface area (Å²) in [5, 5.41) is 8.88. The van der Waals surface area contributed by atoms with Gasteiger partial charge in [0.2, 0.25) is 11.8 Å². The van der Waals surface area contributed by atoms with Crippen molar-refractivity contribution in [3.63, 3.8) is 0 Å². The lowest BCUT2D eigenvalue weighted by atomic mass is 9.92. The summed E-state index contributed by atoms with van der Waals surface area (Å²) in [6, 6.07) is 3.30. The maximum absolute atomic E-state index is 13.7. The van der Waals surface area contributed by atoms with Gasteiger partial charge in [0.25, 0.3) is 0 Å². The first-order valence-corrected chi connectivity index (χ1v) is 6.09. The lowest BCUT2D eigenvalue weighted by molar-refractivity contribution is -0.141. The second kappa shape index (κ2) is 4.70. The molecule has 1 aromatic rings. The van der Waals surface area contributed by atoms with Crippen LogP contribution in [-0.4, -0.2) is 27.8 Å². The average molecular weight is 279 g/mol. The molecule has 5 nitrogen and oxygen atoms in total. The van der Waals surface area contributed by atoms with E-state index in [0.29, 0.717) is 0 Å². The second-order valence-corrected chi connectivity index (χ2v) is 5.46. The van der Waals surface area contributed by atoms with Gasteiger partial charge in [-0.05, 0) is 18.2 Å². The molecule has 106 valence electrons. The number of hydrogen-bond acceptors (Lipinski definition) is 3. The van der Waals surface area contributed by atoms with Crippen molar-refractivity contribution in [2.45, 2.75) is 26.8 Å². The number of carbonyl (C=O) groups excluding carboxylic acids is 2. The molecule has 2 rings (SSSR count). The standard InChI is InChI=1S/C14H14FNO4/c1-14(2)6-11(17)16(13(14)20)7-9-5-8(12(18)19)3-4-10(9)15/h3-5H,6-7H2,1-2H3,(H,18,19). The Labute approximate surface area is 115 Å². The Bertz CT molecular complexity index is 609. The first kappa shape index (κ1) is 14.2. The topological polar surface area (TPSA) is 74.7 Å². The molecule has 0 bridgehead atoms. The van der Waals surface area contributed by atoms with E-state index in [4.69, 9.17) is 5.11 Å². The van der Waals surface area contributed by atoms with Crippen LogP contribution in [0.2, 0.25) is 0 Å². The molecule has 0 spiro atoms. The molecule has 1 fully saturated rings. The van der Waals surface area contributed by atoms with Gasteiger partial charge in [-0.25, -0.2) is 9.18 Å². The van der Waals surface area contributed by atoms with E-state index in [0.717, 1.165) is 23.1 Å². The number of nitrogens with zero attached hydrogens (tertiary/aromatic N) is 1. The molecule has 1 aromatic carbocycles. The molecule has 2 amide bonds. The maximum atomic E-state index is 13.7. The highest BCUT2D eigenvalue weighted by Gasteiger charge is 2.44. The molecule has 0 saturated carbocycles. The van der Waals surface area contributed by atoms with Gasteiger partial charge in [-0.1, -0.05) is 13.8 Å². The lowest BCUT2D eigenvalue weighted by Gasteiger charge is -2.18. The third-order valence-corrected chi connectivity index (χ3v) is 3.34. The van der Waals surface area contributed by atoms with E-state index < -0.39 is 17.2 Å². The van der Waals surface area contributed by atoms with E-state index in [1.807, 2.05) is 0 Å². The highest BCUT2D eigenvalue weighted by molar-refractivity contribution is 6.05. The number of benzene rings is 1. The monoisotopic (exact) mass is 279 g/mol. The zero-order valence-corrected chi connectivity index (χ0v) is 11.1. The van der Waals surface area contributed by atoms with Crippen LogP contribution in [0, 0.1) is 11.2 Å². The minimum Gasteiger partial charge on any atom is -0.478 e. The SMILES string of the molecule is CC1(C)CC(=O)N(Cc2cc(C(=O)O)ccc2F)C1=O. The molecule has 1 heterocycles. The maximum Gasteiger partial charge on any atom is 0.335 e. The highest BCUT2D eigenvalue weighted by atomic mass is 19.1. The van der Waals surface area contributed by atoms with Gasteiger partial charge in [-0.3, -0.25) is 14.5 Å². The number of carbonyl (C=O) groups is 3. The van der Waals surface area contributed by atoms with Crippen molar-refractivity contribution in [2.24, 2.45) is 5.41 Å². The average Bonchev–Trinajstić information content (AvgIpc) is 2.53. The van der Waals surface area contributed by atoms with Gasteiger partial charge in [0.1, 0.15) is 5.82 Å². The molecule has 1 saturated heterocycles. The van der Waals surface area contributed by atoms with Crippen molar-refractivity contribution in [1.82, 2.24) is 4.90 Å². The van der Waals surface area contributed by atoms with Crippen LogP contribution < -0.4 is 0 Å². The molecule has 20 heavy (non-hydrogen) atoms. The molecule has 1 aliphatic heterocycles. The molecular formula is C14H14FNO4. The number of carboxylic acid groups (broad SMARTS) is 1. The summed E-state index contributed by atoms with van der Waals surface area (Å²) >= 11 is 0. The number of rotatable bonds is 3. The van der Waals surface area contributed by atoms with E-state index in [9.17, 15) is 18.8 Å². The van der Waals surface area contributed by atoms with Crippen molar-refractivity contribution < 1.29 is 23.9 Å². The number of hydrogen-bond donors (Lipinski definition) is 1. The molecule has 1 N–H and O–H groups in total. The van der Waals surface area contributed by atoms with E-state index in [2.05, 4.69) is 0 Å². The molecule has 1 aliphatic rings. The predicted octanol–water partition coefficient (Wildman–Crippen LogP) is 1.81. The van der Waals surface area contributed by atoms with Crippen molar-refractivity contribution in [3.8, 4) is 0 Å². The lowest BCUT2D eigenvalue weighted by Crippen LogP contribution is -2.32. The van der Waals surface area contributed by atoms with Crippen LogP contribution >= 0.6 is 0 Å². The molecular weight excluding hydrogens is 265 g/mol. The summed E-state index contributed by atoms with van der Waals surface area (Å²) in [5.41, 5.74) is -0.859. The van der Waals surface area contributed by atoms with Crippen molar-refractivity contribution in [1.29, 1.82) is 0 Å². The Morgan fingerprint density at radius 1 is 1.40 bits per heavy atom. The van der Waals surface area contributed by atoms with Gasteiger partial charge in [0.15, 0.2) is 0 Å². The first-order chi connectivity index (χ1) is 9.22. The molecule has 0 aromatic heterocycles. The Morgan fingerprint density at radius 2 is 2.05 bits per heavy atom. The van der Waals surface area contributed by atoms with Crippen LogP contribution in [-0.2, 0) is 16.1 Å². The van der Waals surface area contributed by atoms with Gasteiger partial charge in [0.05, 0.1) is 17.5 Å². The molecule has 0 atom stereocenters. The second-order valence-electron chi connectivity index (χ2n) is 5.46. The fraction of sp³-hybridized carbons (Fsp3) is 0.357. The molecule has 0 unspecified atom stereocenters. The summed E-state index contributed by atoms with van der Waals surface area (Å²) in [7, 11) is 0. The largest absolute Gasteiger partial charge is 0.478 e. The normalized spacial score (nSPS) is 17.6. The van der Waals surface area contributed by atoms with Crippen LogP contribution in [0.4, 0.5) is 4.39 Å². The van der Waals surface area contributed by atoms with Crippen LogP contribution in [0.25, 0.3) is 0 Å². The van der Waals surface area contributed by atoms with Gasteiger partial charge in [-0.2, -0.15) is 0 Å². The summed E-state index contributed by atoms with van der Waals surface area (Å²) in [5.74, 6) is -2.58. The number of likely N-dealkylation sites (tertiary alicyclic amines) is 1. The van der Waals surface area contributed by atoms with Crippen molar-refractivity contribution in [3.05, 3.63) is 35.1 Å². The van der Waals surface area contributed by atoms with Crippen LogP contribution in [0.5, 0.6) is 0 Å². The smallest absolute Gasteiger partial charge is 0.335 e. The van der Waals surface area contributed by atoms with Crippen molar-refractivity contribution >= 4 is 17.8 Å². The summed E-state index contributed by atoms with van der Waals surface area (Å²) in [6.45, 7) is 3.06. The fourth-order valence-corrected chi connectivity index (χ4v) is 2.19. The number of halogens is 1. The first-order valence-electron chi connectivity index (χ1n) is 6.09. The van der Waals surface area contributed by atoms with Crippen LogP contribution in [0.3, 0.4) is 0 Å². The molecule has 6 heteroatoms. The van der Waals surface area contributed by atoms with E-state index in [1.54, 1.807) is 13.8 Å². The van der Waals surface area contributed by atoms with Crippen LogP contribution in [0.1, 0.15) is 36.2 Å². The Hall–Kier alpha value is -2.24. The quantitative estimate of drug-likeness (QED) is 0.856. The van der Waals surface area contributed by atoms with Crippen LogP contribution in [0.15, 0.2) is 18.2 Å². The predicted molar refractivity (Wildman–Crippen MR) is 67.3 cm³/mol. The highest BCUT2D eigenvalue weighted by Crippen LogP contribution is 2.32. The molecule has 0 radical (unpaired) electrons. The van der Waals surface area contributed by atoms with E-state index >= 15 is 0 Å². The van der Waals surface area contributed by atoms with E-state index in [1.165, 1.54) is 0 Å². The van der Waals surface area contributed by atoms with Gasteiger partial charge >= 0.3 is 5.97 Å². The fourth-order valence-electron chi connectivity index (χ4n) is 2.19. The Kier molecular flexibility index (Phi) is 3.33. The van der Waals surface area contributed by atoms with Gasteiger partial charge < -0.3 is 5.11 Å². The van der Waals surface area contributed by atoms with E-state index in [-0.39, 0.29) is 35.9 Å². The summed E-state index contributed by atoms with van der Waals surface area (Å²) < 4.78 is 13.7. The zero-order chi connectivity index (χ0) is 15.1. The third-order valence-electron chi connectivity index (χ3n) is 3.34. The Balaban J connectivity index is 2.31. The Morgan fingerprint density at radius 3 is 2.55 bits per heavy atom. The molecule has 0 aliphatic carbocycles.